The van der Waals surface area contributed by atoms with Crippen molar-refractivity contribution in [3.8, 4) is 6.07 Å². The summed E-state index contributed by atoms with van der Waals surface area (Å²) in [6.45, 7) is 0. The van der Waals surface area contributed by atoms with Crippen LogP contribution in [0, 0.1) is 11.3 Å². The molecule has 120 valence electrons. The first-order valence-electron chi connectivity index (χ1n) is 8.04. The van der Waals surface area contributed by atoms with Crippen molar-refractivity contribution in [1.29, 1.82) is 5.26 Å². The number of nitrogens with zero attached hydrogens (tertiary/aromatic N) is 3. The third-order valence-electron chi connectivity index (χ3n) is 4.26. The molecule has 2 bridgehead atoms. The number of nitrogens with one attached hydrogen (secondary N) is 1. The summed E-state index contributed by atoms with van der Waals surface area (Å²) in [5, 5.41) is 12.4. The predicted octanol–water partition coefficient (Wildman–Crippen LogP) is 4.20. The summed E-state index contributed by atoms with van der Waals surface area (Å²) < 4.78 is 0. The average Bonchev–Trinajstić information content (AvgIpc) is 2.68. The molecule has 2 heterocycles. The number of fused-ring (bicyclic) bond motifs is 2. The summed E-state index contributed by atoms with van der Waals surface area (Å²) in [7, 11) is 1.76. The Morgan fingerprint density at radius 3 is 2.52 bits per heavy atom. The van der Waals surface area contributed by atoms with E-state index < -0.39 is 0 Å². The molecule has 0 saturated heterocycles. The zero-order valence-electron chi connectivity index (χ0n) is 13.8. The minimum Gasteiger partial charge on any atom is -0.338 e. The Bertz CT molecular complexity index is 974. The molecule has 2 aliphatic rings. The fraction of sp³-hybridized carbons (Fsp3) is 0.0476. The van der Waals surface area contributed by atoms with Crippen LogP contribution in [0.15, 0.2) is 89.2 Å². The maximum absolute atomic E-state index is 8.95. The first-order chi connectivity index (χ1) is 12.3. The molecule has 4 nitrogen and oxygen atoms in total. The van der Waals surface area contributed by atoms with Crippen LogP contribution in [0.25, 0.3) is 0 Å². The van der Waals surface area contributed by atoms with Gasteiger partial charge in [-0.15, -0.1) is 0 Å². The van der Waals surface area contributed by atoms with Crippen LogP contribution in [0.2, 0.25) is 0 Å². The van der Waals surface area contributed by atoms with E-state index in [1.54, 1.807) is 19.2 Å². The highest BCUT2D eigenvalue weighted by molar-refractivity contribution is 6.10. The molecule has 0 fully saturated rings. The van der Waals surface area contributed by atoms with Crippen LogP contribution in [0.1, 0.15) is 11.1 Å². The van der Waals surface area contributed by atoms with Crippen LogP contribution in [0.4, 0.5) is 11.4 Å². The highest BCUT2D eigenvalue weighted by atomic mass is 15.2. The van der Waals surface area contributed by atoms with E-state index in [9.17, 15) is 0 Å². The van der Waals surface area contributed by atoms with Crippen molar-refractivity contribution in [2.24, 2.45) is 4.99 Å². The third kappa shape index (κ3) is 2.62. The van der Waals surface area contributed by atoms with Gasteiger partial charge in [0.05, 0.1) is 23.0 Å². The van der Waals surface area contributed by atoms with Gasteiger partial charge in [0.1, 0.15) is 5.84 Å². The average molecular weight is 324 g/mol. The predicted molar refractivity (Wildman–Crippen MR) is 101 cm³/mol. The molecule has 0 aliphatic carbocycles. The zero-order valence-corrected chi connectivity index (χ0v) is 13.8. The SMILES string of the molecule is C/N=C(\Nc1ccccc1N1C2=CC=CC1=C2)c1ccc(C#N)cc1. The van der Waals surface area contributed by atoms with Gasteiger partial charge in [-0.2, -0.15) is 5.26 Å². The van der Waals surface area contributed by atoms with E-state index in [2.05, 4.69) is 51.6 Å². The second-order valence-electron chi connectivity index (χ2n) is 5.76. The van der Waals surface area contributed by atoms with E-state index in [1.165, 1.54) is 11.4 Å². The van der Waals surface area contributed by atoms with Crippen molar-refractivity contribution < 1.29 is 0 Å². The maximum atomic E-state index is 8.95. The number of benzene rings is 2. The van der Waals surface area contributed by atoms with Crippen molar-refractivity contribution in [3.05, 3.63) is 95.4 Å². The van der Waals surface area contributed by atoms with Crippen LogP contribution in [-0.4, -0.2) is 12.9 Å². The van der Waals surface area contributed by atoms with Crippen LogP contribution < -0.4 is 10.2 Å². The molecule has 0 radical (unpaired) electrons. The van der Waals surface area contributed by atoms with Gasteiger partial charge in [0.25, 0.3) is 0 Å². The molecule has 0 unspecified atom stereocenters. The smallest absolute Gasteiger partial charge is 0.132 e. The van der Waals surface area contributed by atoms with Gasteiger partial charge in [0.15, 0.2) is 0 Å². The van der Waals surface area contributed by atoms with E-state index in [0.717, 1.165) is 22.8 Å². The van der Waals surface area contributed by atoms with E-state index in [4.69, 9.17) is 5.26 Å². The topological polar surface area (TPSA) is 51.4 Å². The van der Waals surface area contributed by atoms with Gasteiger partial charge in [-0.3, -0.25) is 4.99 Å². The minimum absolute atomic E-state index is 0.638. The third-order valence-corrected chi connectivity index (χ3v) is 4.26. The number of amidine groups is 1. The number of rotatable bonds is 3. The zero-order chi connectivity index (χ0) is 17.2. The number of allylic oxidation sites excluding steroid dienone is 4. The van der Waals surface area contributed by atoms with Crippen molar-refractivity contribution in [2.75, 3.05) is 17.3 Å². The van der Waals surface area contributed by atoms with Gasteiger partial charge in [0, 0.05) is 24.0 Å². The molecule has 0 amide bonds. The number of hydrogen-bond donors (Lipinski definition) is 1. The molecule has 4 heteroatoms. The second kappa shape index (κ2) is 6.14. The summed E-state index contributed by atoms with van der Waals surface area (Å²) in [5.41, 5.74) is 6.02. The Balaban J connectivity index is 1.64. The Hall–Kier alpha value is -3.58. The van der Waals surface area contributed by atoms with Crippen LogP contribution in [-0.2, 0) is 0 Å². The molecule has 0 spiro atoms. The van der Waals surface area contributed by atoms with Gasteiger partial charge in [0.2, 0.25) is 0 Å². The Morgan fingerprint density at radius 2 is 1.88 bits per heavy atom. The number of para-hydroxylation sites is 2. The lowest BCUT2D eigenvalue weighted by Gasteiger charge is -2.38. The summed E-state index contributed by atoms with van der Waals surface area (Å²) in [4.78, 5) is 6.60. The van der Waals surface area contributed by atoms with E-state index in [-0.39, 0.29) is 0 Å². The fourth-order valence-electron chi connectivity index (χ4n) is 2.99. The lowest BCUT2D eigenvalue weighted by molar-refractivity contribution is 1.05. The standard InChI is InChI=1S/C21H16N4/c1-23-21(16-11-9-15(14-22)10-12-16)24-19-7-2-3-8-20(19)25-17-5-4-6-18(25)13-17/h2-13H,1H3,(H,23,24). The van der Waals surface area contributed by atoms with Crippen molar-refractivity contribution in [1.82, 2.24) is 0 Å². The maximum Gasteiger partial charge on any atom is 0.132 e. The van der Waals surface area contributed by atoms with Crippen molar-refractivity contribution in [2.45, 2.75) is 0 Å². The molecule has 2 aromatic carbocycles. The summed E-state index contributed by atoms with van der Waals surface area (Å²) in [5.74, 6) is 0.765. The molecular formula is C21H16N4. The lowest BCUT2D eigenvalue weighted by atomic mass is 10.0. The van der Waals surface area contributed by atoms with Gasteiger partial charge in [-0.05, 0) is 54.6 Å². The van der Waals surface area contributed by atoms with E-state index in [1.807, 2.05) is 30.3 Å². The van der Waals surface area contributed by atoms with Gasteiger partial charge < -0.3 is 10.2 Å². The molecule has 0 atom stereocenters. The number of hydrogen-bond acceptors (Lipinski definition) is 3. The largest absolute Gasteiger partial charge is 0.338 e. The second-order valence-corrected chi connectivity index (χ2v) is 5.76. The van der Waals surface area contributed by atoms with Crippen LogP contribution >= 0.6 is 0 Å². The van der Waals surface area contributed by atoms with Crippen molar-refractivity contribution in [3.63, 3.8) is 0 Å². The Morgan fingerprint density at radius 1 is 1.08 bits per heavy atom. The Labute approximate surface area is 146 Å². The normalized spacial score (nSPS) is 15.0. The molecule has 2 aromatic rings. The Kier molecular flexibility index (Phi) is 3.68. The minimum atomic E-state index is 0.638. The summed E-state index contributed by atoms with van der Waals surface area (Å²) in [6.07, 6.45) is 8.41. The lowest BCUT2D eigenvalue weighted by Crippen LogP contribution is -2.31. The first-order valence-corrected chi connectivity index (χ1v) is 8.04. The quantitative estimate of drug-likeness (QED) is 0.680. The molecule has 2 aliphatic heterocycles. The number of anilines is 2. The highest BCUT2D eigenvalue weighted by Crippen LogP contribution is 2.40. The molecule has 1 N–H and O–H groups in total. The molecule has 0 saturated carbocycles. The highest BCUT2D eigenvalue weighted by Gasteiger charge is 2.26. The van der Waals surface area contributed by atoms with Gasteiger partial charge >= 0.3 is 0 Å². The van der Waals surface area contributed by atoms with E-state index >= 15 is 0 Å². The molecule has 4 rings (SSSR count). The fourth-order valence-corrected chi connectivity index (χ4v) is 2.99. The number of aliphatic imine (C=N–C) groups is 1. The summed E-state index contributed by atoms with van der Waals surface area (Å²) >= 11 is 0. The van der Waals surface area contributed by atoms with Crippen molar-refractivity contribution >= 4 is 17.2 Å². The molecule has 25 heavy (non-hydrogen) atoms. The molecule has 0 aromatic heterocycles. The van der Waals surface area contributed by atoms with Crippen LogP contribution in [0.5, 0.6) is 0 Å². The molecular weight excluding hydrogens is 308 g/mol. The monoisotopic (exact) mass is 324 g/mol. The van der Waals surface area contributed by atoms with E-state index in [0.29, 0.717) is 5.56 Å². The van der Waals surface area contributed by atoms with Gasteiger partial charge in [-0.25, -0.2) is 0 Å². The number of nitriles is 1. The summed E-state index contributed by atoms with van der Waals surface area (Å²) in [6, 6.07) is 17.7. The van der Waals surface area contributed by atoms with Crippen LogP contribution in [0.3, 0.4) is 0 Å². The first kappa shape index (κ1) is 15.0. The van der Waals surface area contributed by atoms with Gasteiger partial charge in [-0.1, -0.05) is 18.2 Å².